The number of hydrogen-bond donors (Lipinski definition) is 3. The van der Waals surface area contributed by atoms with Crippen LogP contribution in [0.3, 0.4) is 0 Å². The summed E-state index contributed by atoms with van der Waals surface area (Å²) < 4.78 is 5.41. The normalized spacial score (nSPS) is 19.9. The summed E-state index contributed by atoms with van der Waals surface area (Å²) in [6, 6.07) is 8.17. The number of benzene rings is 1. The minimum absolute atomic E-state index is 0.159. The lowest BCUT2D eigenvalue weighted by atomic mass is 10.1. The molecule has 7 nitrogen and oxygen atoms in total. The van der Waals surface area contributed by atoms with Gasteiger partial charge in [-0.05, 0) is 49.8 Å². The van der Waals surface area contributed by atoms with E-state index in [1.807, 2.05) is 24.5 Å². The average Bonchev–Trinajstić information content (AvgIpc) is 3.13. The number of aliphatic carboxylic acids is 1. The molecule has 1 aromatic carbocycles. The number of carbonyl (C=O) groups is 3. The zero-order chi connectivity index (χ0) is 19.6. The Hall–Kier alpha value is -2.22. The summed E-state index contributed by atoms with van der Waals surface area (Å²) in [7, 11) is 0. The van der Waals surface area contributed by atoms with Crippen molar-refractivity contribution in [3.05, 3.63) is 30.3 Å². The van der Waals surface area contributed by atoms with E-state index in [1.54, 1.807) is 23.9 Å². The van der Waals surface area contributed by atoms with E-state index in [4.69, 9.17) is 9.84 Å². The maximum absolute atomic E-state index is 12.6. The molecule has 148 valence electrons. The van der Waals surface area contributed by atoms with Crippen molar-refractivity contribution in [3.8, 4) is 5.75 Å². The average molecular weight is 394 g/mol. The number of para-hydroxylation sites is 1. The number of rotatable bonds is 10. The molecule has 8 heteroatoms. The molecule has 2 amide bonds. The SMILES string of the molecule is CSCCC(NC(=O)COc1ccccc1)C(=O)N[C@H]1CC[C@@H](C(=O)O)C1. The predicted molar refractivity (Wildman–Crippen MR) is 104 cm³/mol. The molecule has 0 heterocycles. The topological polar surface area (TPSA) is 105 Å². The van der Waals surface area contributed by atoms with Gasteiger partial charge < -0.3 is 20.5 Å². The summed E-state index contributed by atoms with van der Waals surface area (Å²) in [5.41, 5.74) is 0. The van der Waals surface area contributed by atoms with Gasteiger partial charge in [-0.15, -0.1) is 0 Å². The van der Waals surface area contributed by atoms with Gasteiger partial charge in [-0.3, -0.25) is 14.4 Å². The number of carboxylic acids is 1. The molecular weight excluding hydrogens is 368 g/mol. The molecule has 0 aromatic heterocycles. The molecule has 0 aliphatic heterocycles. The Morgan fingerprint density at radius 1 is 1.26 bits per heavy atom. The largest absolute Gasteiger partial charge is 0.484 e. The first-order valence-electron chi connectivity index (χ1n) is 8.99. The van der Waals surface area contributed by atoms with Crippen LogP contribution in [-0.2, 0) is 14.4 Å². The van der Waals surface area contributed by atoms with Gasteiger partial charge in [-0.2, -0.15) is 11.8 Å². The molecule has 0 saturated heterocycles. The third-order valence-electron chi connectivity index (χ3n) is 4.50. The minimum atomic E-state index is -0.822. The number of hydrogen-bond acceptors (Lipinski definition) is 5. The fourth-order valence-electron chi connectivity index (χ4n) is 3.04. The van der Waals surface area contributed by atoms with Crippen molar-refractivity contribution < 1.29 is 24.2 Å². The van der Waals surface area contributed by atoms with Crippen LogP contribution in [0.15, 0.2) is 30.3 Å². The predicted octanol–water partition coefficient (Wildman–Crippen LogP) is 1.67. The lowest BCUT2D eigenvalue weighted by molar-refractivity contribution is -0.141. The van der Waals surface area contributed by atoms with Crippen molar-refractivity contribution in [2.24, 2.45) is 5.92 Å². The maximum Gasteiger partial charge on any atom is 0.306 e. The Balaban J connectivity index is 1.84. The standard InChI is InChI=1S/C19H26N2O5S/c1-27-10-9-16(18(23)20-14-8-7-13(11-14)19(24)25)21-17(22)12-26-15-5-3-2-4-6-15/h2-6,13-14,16H,7-12H2,1H3,(H,20,23)(H,21,22)(H,24,25)/t13-,14+,16?/m1/s1. The van der Waals surface area contributed by atoms with Crippen LogP contribution < -0.4 is 15.4 Å². The van der Waals surface area contributed by atoms with Gasteiger partial charge in [-0.1, -0.05) is 18.2 Å². The fraction of sp³-hybridized carbons (Fsp3) is 0.526. The highest BCUT2D eigenvalue weighted by atomic mass is 32.2. The van der Waals surface area contributed by atoms with Crippen LogP contribution in [0.25, 0.3) is 0 Å². The van der Waals surface area contributed by atoms with E-state index < -0.39 is 17.9 Å². The molecule has 3 N–H and O–H groups in total. The zero-order valence-corrected chi connectivity index (χ0v) is 16.2. The van der Waals surface area contributed by atoms with Crippen molar-refractivity contribution in [1.29, 1.82) is 0 Å². The second kappa shape index (κ2) is 10.8. The van der Waals surface area contributed by atoms with Crippen LogP contribution in [0.1, 0.15) is 25.7 Å². The van der Waals surface area contributed by atoms with Crippen LogP contribution >= 0.6 is 11.8 Å². The third-order valence-corrected chi connectivity index (χ3v) is 5.15. The fourth-order valence-corrected chi connectivity index (χ4v) is 3.52. The molecule has 27 heavy (non-hydrogen) atoms. The summed E-state index contributed by atoms with van der Waals surface area (Å²) in [6.45, 7) is -0.169. The molecule has 1 aliphatic rings. The Kier molecular flexibility index (Phi) is 8.44. The molecule has 0 bridgehead atoms. The molecule has 2 rings (SSSR count). The smallest absolute Gasteiger partial charge is 0.306 e. The first-order chi connectivity index (χ1) is 13.0. The third kappa shape index (κ3) is 7.13. The lowest BCUT2D eigenvalue weighted by Gasteiger charge is -2.21. The van der Waals surface area contributed by atoms with E-state index in [2.05, 4.69) is 10.6 Å². The summed E-state index contributed by atoms with van der Waals surface area (Å²) in [4.78, 5) is 35.8. The van der Waals surface area contributed by atoms with Gasteiger partial charge in [0.15, 0.2) is 6.61 Å². The van der Waals surface area contributed by atoms with E-state index >= 15 is 0 Å². The first kappa shape index (κ1) is 21.1. The number of ether oxygens (including phenoxy) is 1. The van der Waals surface area contributed by atoms with E-state index in [0.29, 0.717) is 31.4 Å². The highest BCUT2D eigenvalue weighted by Crippen LogP contribution is 2.25. The van der Waals surface area contributed by atoms with Crippen molar-refractivity contribution in [2.75, 3.05) is 18.6 Å². The molecule has 1 saturated carbocycles. The van der Waals surface area contributed by atoms with Crippen LogP contribution in [0.2, 0.25) is 0 Å². The molecule has 1 unspecified atom stereocenters. The minimum Gasteiger partial charge on any atom is -0.484 e. The highest BCUT2D eigenvalue weighted by Gasteiger charge is 2.32. The lowest BCUT2D eigenvalue weighted by Crippen LogP contribution is -2.50. The van der Waals surface area contributed by atoms with Crippen molar-refractivity contribution in [3.63, 3.8) is 0 Å². The number of nitrogens with one attached hydrogen (secondary N) is 2. The van der Waals surface area contributed by atoms with E-state index in [0.717, 1.165) is 5.75 Å². The van der Waals surface area contributed by atoms with Gasteiger partial charge in [0, 0.05) is 6.04 Å². The number of thioether (sulfide) groups is 1. The van der Waals surface area contributed by atoms with Gasteiger partial charge in [-0.25, -0.2) is 0 Å². The van der Waals surface area contributed by atoms with Gasteiger partial charge in [0.25, 0.3) is 5.91 Å². The second-order valence-corrected chi connectivity index (χ2v) is 7.54. The molecule has 3 atom stereocenters. The van der Waals surface area contributed by atoms with Gasteiger partial charge in [0.1, 0.15) is 11.8 Å². The number of carboxylic acid groups (broad SMARTS) is 1. The van der Waals surface area contributed by atoms with E-state index in [-0.39, 0.29) is 24.5 Å². The molecule has 1 aromatic rings. The zero-order valence-electron chi connectivity index (χ0n) is 15.3. The highest BCUT2D eigenvalue weighted by molar-refractivity contribution is 7.98. The summed E-state index contributed by atoms with van der Waals surface area (Å²) in [6.07, 6.45) is 4.07. The Bertz CT molecular complexity index is 640. The number of amides is 2. The Morgan fingerprint density at radius 2 is 2.00 bits per heavy atom. The van der Waals surface area contributed by atoms with Crippen LogP contribution in [0.5, 0.6) is 5.75 Å². The van der Waals surface area contributed by atoms with Crippen LogP contribution in [0.4, 0.5) is 0 Å². The van der Waals surface area contributed by atoms with E-state index in [1.165, 1.54) is 0 Å². The monoisotopic (exact) mass is 394 g/mol. The number of carbonyl (C=O) groups excluding carboxylic acids is 2. The maximum atomic E-state index is 12.6. The van der Waals surface area contributed by atoms with Crippen LogP contribution in [0, 0.1) is 5.92 Å². The molecule has 0 spiro atoms. The van der Waals surface area contributed by atoms with Gasteiger partial charge in [0.05, 0.1) is 5.92 Å². The molecule has 1 aliphatic carbocycles. The summed E-state index contributed by atoms with van der Waals surface area (Å²) in [5.74, 6) is -0.558. The van der Waals surface area contributed by atoms with Crippen LogP contribution in [-0.4, -0.2) is 53.6 Å². The summed E-state index contributed by atoms with van der Waals surface area (Å²) >= 11 is 1.59. The second-order valence-electron chi connectivity index (χ2n) is 6.56. The Morgan fingerprint density at radius 3 is 2.63 bits per heavy atom. The molecule has 1 fully saturated rings. The Labute approximate surface area is 163 Å². The van der Waals surface area contributed by atoms with Gasteiger partial charge >= 0.3 is 5.97 Å². The first-order valence-corrected chi connectivity index (χ1v) is 10.4. The quantitative estimate of drug-likeness (QED) is 0.558. The molecule has 0 radical (unpaired) electrons. The summed E-state index contributed by atoms with van der Waals surface area (Å²) in [5, 5.41) is 14.7. The van der Waals surface area contributed by atoms with Gasteiger partial charge in [0.2, 0.25) is 5.91 Å². The van der Waals surface area contributed by atoms with Crippen molar-refractivity contribution >= 4 is 29.5 Å². The van der Waals surface area contributed by atoms with E-state index in [9.17, 15) is 14.4 Å². The van der Waals surface area contributed by atoms with Crippen molar-refractivity contribution in [1.82, 2.24) is 10.6 Å². The van der Waals surface area contributed by atoms with Crippen molar-refractivity contribution in [2.45, 2.75) is 37.8 Å². The molecular formula is C19H26N2O5S.